The number of aromatic nitrogens is 1. The molecule has 6 nitrogen and oxygen atoms in total. The molecule has 0 atom stereocenters. The topological polar surface area (TPSA) is 71.5 Å². The van der Waals surface area contributed by atoms with Gasteiger partial charge < -0.3 is 9.64 Å². The Hall–Kier alpha value is -2.11. The molecule has 2 rings (SSSR count). The molecule has 114 valence electrons. The van der Waals surface area contributed by atoms with Crippen LogP contribution in [0, 0.1) is 0 Å². The molecule has 0 unspecified atom stereocenters. The summed E-state index contributed by atoms with van der Waals surface area (Å²) >= 11 is 0. The van der Waals surface area contributed by atoms with Gasteiger partial charge in [-0.2, -0.15) is 0 Å². The molecule has 0 bridgehead atoms. The molecular formula is C15H21N3O3. The van der Waals surface area contributed by atoms with Crippen molar-refractivity contribution in [3.05, 3.63) is 24.0 Å². The fourth-order valence-electron chi connectivity index (χ4n) is 2.10. The molecule has 1 fully saturated rings. The first-order valence-corrected chi connectivity index (χ1v) is 7.10. The smallest absolute Gasteiger partial charge is 0.412 e. The quantitative estimate of drug-likeness (QED) is 0.909. The molecule has 1 aromatic heterocycles. The van der Waals surface area contributed by atoms with Crippen LogP contribution >= 0.6 is 0 Å². The Labute approximate surface area is 124 Å². The van der Waals surface area contributed by atoms with Crippen molar-refractivity contribution in [2.24, 2.45) is 0 Å². The van der Waals surface area contributed by atoms with E-state index in [1.54, 1.807) is 37.8 Å². The van der Waals surface area contributed by atoms with Gasteiger partial charge in [-0.15, -0.1) is 0 Å². The van der Waals surface area contributed by atoms with Crippen LogP contribution in [0.4, 0.5) is 10.5 Å². The molecule has 21 heavy (non-hydrogen) atoms. The number of carbonyl (C=O) groups excluding carboxylic acids is 2. The van der Waals surface area contributed by atoms with E-state index < -0.39 is 11.7 Å². The predicted octanol–water partition coefficient (Wildman–Crippen LogP) is 2.66. The Kier molecular flexibility index (Phi) is 4.45. The maximum atomic E-state index is 12.1. The van der Waals surface area contributed by atoms with E-state index in [-0.39, 0.29) is 5.91 Å². The van der Waals surface area contributed by atoms with Crippen LogP contribution < -0.4 is 5.32 Å². The minimum absolute atomic E-state index is 0.0590. The largest absolute Gasteiger partial charge is 0.444 e. The Morgan fingerprint density at radius 2 is 1.90 bits per heavy atom. The van der Waals surface area contributed by atoms with Gasteiger partial charge in [-0.05, 0) is 45.7 Å². The summed E-state index contributed by atoms with van der Waals surface area (Å²) in [4.78, 5) is 29.6. The minimum atomic E-state index is -0.552. The fraction of sp³-hybridized carbons (Fsp3) is 0.533. The third kappa shape index (κ3) is 4.44. The summed E-state index contributed by atoms with van der Waals surface area (Å²) in [6.45, 7) is 6.96. The van der Waals surface area contributed by atoms with Gasteiger partial charge >= 0.3 is 6.09 Å². The molecule has 2 heterocycles. The molecule has 1 N–H and O–H groups in total. The van der Waals surface area contributed by atoms with Crippen molar-refractivity contribution in [1.29, 1.82) is 0 Å². The second-order valence-electron chi connectivity index (χ2n) is 6.06. The standard InChI is InChI=1S/C15H21N3O3/c1-15(2,3)21-14(20)17-11-6-7-12(16-10-11)13(19)18-8-4-5-9-18/h6-7,10H,4-5,8-9H2,1-3H3,(H,17,20). The van der Waals surface area contributed by atoms with Crippen LogP contribution in [-0.4, -0.2) is 40.6 Å². The van der Waals surface area contributed by atoms with E-state index in [0.717, 1.165) is 25.9 Å². The number of nitrogens with zero attached hydrogens (tertiary/aromatic N) is 2. The lowest BCUT2D eigenvalue weighted by Gasteiger charge is -2.19. The highest BCUT2D eigenvalue weighted by atomic mass is 16.6. The van der Waals surface area contributed by atoms with Gasteiger partial charge in [-0.1, -0.05) is 0 Å². The predicted molar refractivity (Wildman–Crippen MR) is 79.2 cm³/mol. The third-order valence-electron chi connectivity index (χ3n) is 3.02. The van der Waals surface area contributed by atoms with E-state index in [9.17, 15) is 9.59 Å². The van der Waals surface area contributed by atoms with Crippen LogP contribution in [-0.2, 0) is 4.74 Å². The molecule has 0 saturated carbocycles. The zero-order valence-electron chi connectivity index (χ0n) is 12.7. The average molecular weight is 291 g/mol. The summed E-state index contributed by atoms with van der Waals surface area (Å²) in [6.07, 6.45) is 3.02. The second kappa shape index (κ2) is 6.11. The van der Waals surface area contributed by atoms with E-state index >= 15 is 0 Å². The maximum absolute atomic E-state index is 12.1. The summed E-state index contributed by atoms with van der Waals surface area (Å²) in [5, 5.41) is 2.59. The van der Waals surface area contributed by atoms with Crippen LogP contribution in [0.5, 0.6) is 0 Å². The van der Waals surface area contributed by atoms with E-state index in [1.165, 1.54) is 6.20 Å². The van der Waals surface area contributed by atoms with Crippen LogP contribution in [0.25, 0.3) is 0 Å². The van der Waals surface area contributed by atoms with Crippen molar-refractivity contribution in [1.82, 2.24) is 9.88 Å². The lowest BCUT2D eigenvalue weighted by atomic mass is 10.2. The molecule has 1 aromatic rings. The Balaban J connectivity index is 1.95. The molecule has 1 aliphatic heterocycles. The first-order valence-electron chi connectivity index (χ1n) is 7.10. The number of anilines is 1. The third-order valence-corrected chi connectivity index (χ3v) is 3.02. The highest BCUT2D eigenvalue weighted by Crippen LogP contribution is 2.14. The minimum Gasteiger partial charge on any atom is -0.444 e. The fourth-order valence-corrected chi connectivity index (χ4v) is 2.10. The number of nitrogens with one attached hydrogen (secondary N) is 1. The van der Waals surface area contributed by atoms with E-state index in [1.807, 2.05) is 0 Å². The number of hydrogen-bond acceptors (Lipinski definition) is 4. The van der Waals surface area contributed by atoms with Gasteiger partial charge in [0.25, 0.3) is 5.91 Å². The number of amides is 2. The normalized spacial score (nSPS) is 14.9. The molecule has 6 heteroatoms. The maximum Gasteiger partial charge on any atom is 0.412 e. The van der Waals surface area contributed by atoms with Gasteiger partial charge in [0.05, 0.1) is 11.9 Å². The SMILES string of the molecule is CC(C)(C)OC(=O)Nc1ccc(C(=O)N2CCCC2)nc1. The number of pyridine rings is 1. The first-order chi connectivity index (χ1) is 9.85. The Morgan fingerprint density at radius 1 is 1.24 bits per heavy atom. The molecule has 1 saturated heterocycles. The van der Waals surface area contributed by atoms with Crippen molar-refractivity contribution in [2.75, 3.05) is 18.4 Å². The van der Waals surface area contributed by atoms with Crippen molar-refractivity contribution in [3.63, 3.8) is 0 Å². The lowest BCUT2D eigenvalue weighted by Crippen LogP contribution is -2.28. The summed E-state index contributed by atoms with van der Waals surface area (Å²) in [5.74, 6) is -0.0590. The van der Waals surface area contributed by atoms with E-state index in [0.29, 0.717) is 11.4 Å². The van der Waals surface area contributed by atoms with Crippen LogP contribution in [0.2, 0.25) is 0 Å². The highest BCUT2D eigenvalue weighted by molar-refractivity contribution is 5.93. The van der Waals surface area contributed by atoms with Crippen LogP contribution in [0.1, 0.15) is 44.1 Å². The zero-order chi connectivity index (χ0) is 15.5. The van der Waals surface area contributed by atoms with Crippen molar-refractivity contribution >= 4 is 17.7 Å². The lowest BCUT2D eigenvalue weighted by molar-refractivity contribution is 0.0635. The summed E-state index contributed by atoms with van der Waals surface area (Å²) < 4.78 is 5.15. The molecule has 0 aromatic carbocycles. The number of hydrogen-bond donors (Lipinski definition) is 1. The summed E-state index contributed by atoms with van der Waals surface area (Å²) in [5.41, 5.74) is 0.345. The molecule has 1 aliphatic rings. The van der Waals surface area contributed by atoms with Gasteiger partial charge in [-0.3, -0.25) is 10.1 Å². The highest BCUT2D eigenvalue weighted by Gasteiger charge is 2.20. The number of ether oxygens (including phenoxy) is 1. The van der Waals surface area contributed by atoms with Crippen molar-refractivity contribution < 1.29 is 14.3 Å². The van der Waals surface area contributed by atoms with Crippen molar-refractivity contribution in [2.45, 2.75) is 39.2 Å². The van der Waals surface area contributed by atoms with E-state index in [2.05, 4.69) is 10.3 Å². The Morgan fingerprint density at radius 3 is 2.43 bits per heavy atom. The van der Waals surface area contributed by atoms with Gasteiger partial charge in [0.1, 0.15) is 11.3 Å². The molecule has 0 spiro atoms. The van der Waals surface area contributed by atoms with Crippen molar-refractivity contribution in [3.8, 4) is 0 Å². The van der Waals surface area contributed by atoms with E-state index in [4.69, 9.17) is 4.74 Å². The van der Waals surface area contributed by atoms with Gasteiger partial charge in [0, 0.05) is 13.1 Å². The molecule has 0 radical (unpaired) electrons. The summed E-state index contributed by atoms with van der Waals surface area (Å²) in [6, 6.07) is 3.27. The number of carbonyl (C=O) groups is 2. The molecule has 2 amide bonds. The Bertz CT molecular complexity index is 514. The number of likely N-dealkylation sites (tertiary alicyclic amines) is 1. The molecular weight excluding hydrogens is 270 g/mol. The summed E-state index contributed by atoms with van der Waals surface area (Å²) in [7, 11) is 0. The first kappa shape index (κ1) is 15.3. The van der Waals surface area contributed by atoms with Gasteiger partial charge in [0.15, 0.2) is 0 Å². The van der Waals surface area contributed by atoms with Gasteiger partial charge in [-0.25, -0.2) is 9.78 Å². The monoisotopic (exact) mass is 291 g/mol. The van der Waals surface area contributed by atoms with Crippen LogP contribution in [0.3, 0.4) is 0 Å². The molecule has 0 aliphatic carbocycles. The second-order valence-corrected chi connectivity index (χ2v) is 6.06. The van der Waals surface area contributed by atoms with Gasteiger partial charge in [0.2, 0.25) is 0 Å². The average Bonchev–Trinajstić information content (AvgIpc) is 2.90. The number of rotatable bonds is 2. The van der Waals surface area contributed by atoms with Crippen LogP contribution in [0.15, 0.2) is 18.3 Å². The zero-order valence-corrected chi connectivity index (χ0v) is 12.7.